The summed E-state index contributed by atoms with van der Waals surface area (Å²) in [4.78, 5) is 18.0. The Bertz CT molecular complexity index is 699. The third-order valence-electron chi connectivity index (χ3n) is 3.53. The zero-order valence-corrected chi connectivity index (χ0v) is 15.9. The Morgan fingerprint density at radius 1 is 1.39 bits per heavy atom. The molecule has 7 heteroatoms. The maximum atomic E-state index is 12.7. The van der Waals surface area contributed by atoms with Crippen molar-refractivity contribution in [2.24, 2.45) is 5.10 Å². The number of halogens is 1. The molecular weight excluding hydrogens is 423 g/mol. The molecule has 0 radical (unpaired) electrons. The van der Waals surface area contributed by atoms with Gasteiger partial charge in [-0.15, -0.1) is 11.3 Å². The first kappa shape index (κ1) is 16.5. The molecule has 2 aliphatic heterocycles. The molecule has 1 saturated heterocycles. The Balaban J connectivity index is 1.83. The fourth-order valence-corrected chi connectivity index (χ4v) is 4.47. The van der Waals surface area contributed by atoms with Gasteiger partial charge in [-0.05, 0) is 46.4 Å². The highest BCUT2D eigenvalue weighted by Gasteiger charge is 2.19. The Kier molecular flexibility index (Phi) is 5.71. The van der Waals surface area contributed by atoms with Gasteiger partial charge in [0.05, 0.1) is 0 Å². The number of aryl methyl sites for hydroxylation is 1. The highest BCUT2D eigenvalue weighted by atomic mass is 127. The van der Waals surface area contributed by atoms with E-state index >= 15 is 0 Å². The van der Waals surface area contributed by atoms with Crippen LogP contribution in [0.25, 0.3) is 0 Å². The monoisotopic (exact) mass is 442 g/mol. The Labute approximate surface area is 149 Å². The Morgan fingerprint density at radius 2 is 2.22 bits per heavy atom. The SMILES string of the molecule is Cc1cnc(NC(=O)/C(=N/N2CCCCC2)C2=CC=IC=C2)s1. The van der Waals surface area contributed by atoms with Gasteiger partial charge < -0.3 is 0 Å². The lowest BCUT2D eigenvalue weighted by molar-refractivity contribution is -0.110. The predicted octanol–water partition coefficient (Wildman–Crippen LogP) is 3.46. The second kappa shape index (κ2) is 7.96. The van der Waals surface area contributed by atoms with Crippen LogP contribution in [0, 0.1) is 6.92 Å². The second-order valence-corrected chi connectivity index (χ2v) is 8.75. The van der Waals surface area contributed by atoms with E-state index in [0.717, 1.165) is 36.4 Å². The fraction of sp³-hybridized carbons (Fsp3) is 0.375. The van der Waals surface area contributed by atoms with Crippen LogP contribution in [0.15, 0.2) is 33.1 Å². The van der Waals surface area contributed by atoms with Gasteiger partial charge in [0.25, 0.3) is 5.91 Å². The third-order valence-corrected chi connectivity index (χ3v) is 5.91. The maximum absolute atomic E-state index is 12.7. The number of hydrogen-bond donors (Lipinski definition) is 1. The van der Waals surface area contributed by atoms with Crippen molar-refractivity contribution in [3.63, 3.8) is 0 Å². The van der Waals surface area contributed by atoms with Crippen molar-refractivity contribution in [3.05, 3.63) is 32.9 Å². The molecule has 0 spiro atoms. The molecule has 0 aliphatic carbocycles. The number of allylic oxidation sites excluding steroid dienone is 2. The number of carbonyl (C=O) groups is 1. The number of hydrazone groups is 1. The van der Waals surface area contributed by atoms with Gasteiger partial charge in [-0.3, -0.25) is 15.1 Å². The van der Waals surface area contributed by atoms with E-state index in [-0.39, 0.29) is 26.6 Å². The fourth-order valence-electron chi connectivity index (χ4n) is 2.39. The number of hydrogen-bond acceptors (Lipinski definition) is 5. The van der Waals surface area contributed by atoms with Gasteiger partial charge in [-0.1, -0.05) is 20.7 Å². The van der Waals surface area contributed by atoms with Crippen LogP contribution in [0.2, 0.25) is 0 Å². The summed E-state index contributed by atoms with van der Waals surface area (Å²) in [6.07, 6.45) is 9.31. The van der Waals surface area contributed by atoms with Crippen LogP contribution in [-0.4, -0.2) is 38.7 Å². The summed E-state index contributed by atoms with van der Waals surface area (Å²) in [6.45, 7) is 3.81. The first-order valence-electron chi connectivity index (χ1n) is 7.62. The van der Waals surface area contributed by atoms with Crippen molar-refractivity contribution in [2.75, 3.05) is 18.4 Å². The minimum absolute atomic E-state index is 0.0168. The van der Waals surface area contributed by atoms with Crippen molar-refractivity contribution < 1.29 is 4.79 Å². The molecule has 0 saturated carbocycles. The van der Waals surface area contributed by atoms with Gasteiger partial charge in [0.2, 0.25) is 0 Å². The average Bonchev–Trinajstić information content (AvgIpc) is 2.99. The topological polar surface area (TPSA) is 57.6 Å². The number of piperidine rings is 1. The van der Waals surface area contributed by atoms with Gasteiger partial charge in [0.15, 0.2) is 10.8 Å². The number of rotatable bonds is 4. The summed E-state index contributed by atoms with van der Waals surface area (Å²) in [6, 6.07) is 0. The molecule has 1 aromatic rings. The van der Waals surface area contributed by atoms with E-state index in [1.807, 2.05) is 24.1 Å². The largest absolute Gasteiger partial charge is 0.296 e. The number of anilines is 1. The minimum atomic E-state index is -0.186. The molecule has 1 N–H and O–H groups in total. The molecule has 0 unspecified atom stereocenters. The van der Waals surface area contributed by atoms with E-state index in [4.69, 9.17) is 0 Å². The van der Waals surface area contributed by atoms with Gasteiger partial charge in [0.1, 0.15) is 0 Å². The molecule has 122 valence electrons. The molecule has 0 atom stereocenters. The molecule has 1 fully saturated rings. The van der Waals surface area contributed by atoms with Crippen LogP contribution in [0.3, 0.4) is 0 Å². The van der Waals surface area contributed by atoms with Gasteiger partial charge in [0, 0.05) is 29.7 Å². The summed E-state index contributed by atoms with van der Waals surface area (Å²) < 4.78 is 4.31. The molecule has 23 heavy (non-hydrogen) atoms. The highest BCUT2D eigenvalue weighted by Crippen LogP contribution is 2.19. The van der Waals surface area contributed by atoms with Gasteiger partial charge in [-0.2, -0.15) is 5.10 Å². The lowest BCUT2D eigenvalue weighted by Crippen LogP contribution is -2.31. The first-order chi connectivity index (χ1) is 11.2. The number of nitrogens with zero attached hydrogens (tertiary/aromatic N) is 3. The molecule has 2 aliphatic rings. The molecule has 0 bridgehead atoms. The van der Waals surface area contributed by atoms with E-state index in [1.54, 1.807) is 6.20 Å². The summed E-state index contributed by atoms with van der Waals surface area (Å²) in [5.41, 5.74) is 1.36. The van der Waals surface area contributed by atoms with Crippen molar-refractivity contribution >= 4 is 52.8 Å². The second-order valence-electron chi connectivity index (χ2n) is 5.36. The molecule has 3 heterocycles. The van der Waals surface area contributed by atoms with Crippen molar-refractivity contribution in [1.82, 2.24) is 9.99 Å². The molecule has 5 nitrogen and oxygen atoms in total. The number of carbonyl (C=O) groups excluding carboxylic acids is 1. The molecule has 1 amide bonds. The quantitative estimate of drug-likeness (QED) is 0.574. The smallest absolute Gasteiger partial charge is 0.278 e. The van der Waals surface area contributed by atoms with Crippen LogP contribution in [0.5, 0.6) is 0 Å². The van der Waals surface area contributed by atoms with Crippen molar-refractivity contribution in [2.45, 2.75) is 26.2 Å². The van der Waals surface area contributed by atoms with Crippen molar-refractivity contribution in [1.29, 1.82) is 0 Å². The lowest BCUT2D eigenvalue weighted by Gasteiger charge is -2.24. The number of thiazole rings is 1. The van der Waals surface area contributed by atoms with Crippen LogP contribution in [-0.2, 0) is 4.79 Å². The van der Waals surface area contributed by atoms with Gasteiger partial charge in [-0.25, -0.2) is 4.98 Å². The van der Waals surface area contributed by atoms with E-state index in [0.29, 0.717) is 10.8 Å². The average molecular weight is 442 g/mol. The van der Waals surface area contributed by atoms with E-state index in [1.165, 1.54) is 17.8 Å². The lowest BCUT2D eigenvalue weighted by atomic mass is 10.1. The summed E-state index contributed by atoms with van der Waals surface area (Å²) in [5.74, 6) is -0.186. The van der Waals surface area contributed by atoms with E-state index < -0.39 is 0 Å². The Hall–Kier alpha value is -1.35. The van der Waals surface area contributed by atoms with Crippen LogP contribution in [0.4, 0.5) is 5.13 Å². The van der Waals surface area contributed by atoms with Crippen molar-refractivity contribution in [3.8, 4) is 0 Å². The summed E-state index contributed by atoms with van der Waals surface area (Å²) >= 11 is 1.46. The van der Waals surface area contributed by atoms with E-state index in [9.17, 15) is 4.79 Å². The summed E-state index contributed by atoms with van der Waals surface area (Å²) in [5, 5.41) is 10.2. The third kappa shape index (κ3) is 4.57. The molecule has 1 aromatic heterocycles. The van der Waals surface area contributed by atoms with Crippen LogP contribution >= 0.6 is 32.1 Å². The first-order valence-corrected chi connectivity index (χ1v) is 10.9. The number of amides is 1. The number of aromatic nitrogens is 1. The summed E-state index contributed by atoms with van der Waals surface area (Å²) in [7, 11) is 0. The zero-order valence-electron chi connectivity index (χ0n) is 13.0. The molecular formula is C16H19IN4OS. The maximum Gasteiger partial charge on any atom is 0.278 e. The van der Waals surface area contributed by atoms with Gasteiger partial charge >= 0.3 is 0 Å². The van der Waals surface area contributed by atoms with Crippen LogP contribution in [0.1, 0.15) is 24.1 Å². The standard InChI is InChI=1S/C16H19IN4OS/c1-12-11-18-16(23-12)19-15(22)14(13-5-7-17-8-6-13)20-21-9-3-2-4-10-21/h5-8,11H,2-4,9-10H2,1H3,(H,18,19,22)/b20-14+. The Morgan fingerprint density at radius 3 is 2.87 bits per heavy atom. The predicted molar refractivity (Wildman–Crippen MR) is 106 cm³/mol. The highest BCUT2D eigenvalue weighted by molar-refractivity contribution is 14.2. The van der Waals surface area contributed by atoms with E-state index in [2.05, 4.69) is 23.5 Å². The zero-order chi connectivity index (χ0) is 16.1. The number of nitrogens with one attached hydrogen (secondary N) is 1. The minimum Gasteiger partial charge on any atom is -0.296 e. The normalized spacial score (nSPS) is 18.4. The molecule has 3 rings (SSSR count). The van der Waals surface area contributed by atoms with Crippen LogP contribution < -0.4 is 5.32 Å². The molecule has 0 aromatic carbocycles.